The number of oxazole rings is 1. The third-order valence-corrected chi connectivity index (χ3v) is 5.55. The second kappa shape index (κ2) is 6.37. The number of aliphatic hydroxyl groups excluding tert-OH is 1. The van der Waals surface area contributed by atoms with Crippen LogP contribution in [0.25, 0.3) is 11.1 Å². The molecule has 1 aromatic carbocycles. The number of likely N-dealkylation sites (tertiary alicyclic amines) is 1. The van der Waals surface area contributed by atoms with Gasteiger partial charge < -0.3 is 14.4 Å². The van der Waals surface area contributed by atoms with Crippen LogP contribution < -0.4 is 0 Å². The van der Waals surface area contributed by atoms with E-state index in [1.165, 1.54) is 0 Å². The Bertz CT molecular complexity index is 752. The van der Waals surface area contributed by atoms with Crippen LogP contribution in [0.4, 0.5) is 0 Å². The normalized spacial score (nSPS) is 25.5. The van der Waals surface area contributed by atoms with Gasteiger partial charge in [-0.15, -0.1) is 0 Å². The molecule has 1 aliphatic carbocycles. The van der Waals surface area contributed by atoms with Crippen LogP contribution in [0.15, 0.2) is 22.6 Å². The van der Waals surface area contributed by atoms with Crippen molar-refractivity contribution in [3.8, 4) is 0 Å². The number of benzene rings is 1. The average Bonchev–Trinajstić information content (AvgIpc) is 3.20. The molecule has 2 aliphatic rings. The van der Waals surface area contributed by atoms with E-state index in [0.717, 1.165) is 49.1 Å². The molecule has 0 bridgehead atoms. The van der Waals surface area contributed by atoms with Crippen LogP contribution in [0, 0.1) is 5.92 Å². The summed E-state index contributed by atoms with van der Waals surface area (Å²) in [6.07, 6.45) is 3.73. The van der Waals surface area contributed by atoms with Crippen molar-refractivity contribution in [3.05, 3.63) is 29.1 Å². The number of hydrogen-bond acceptors (Lipinski definition) is 4. The maximum atomic E-state index is 12.5. The summed E-state index contributed by atoms with van der Waals surface area (Å²) >= 11 is 6.00. The molecule has 2 aromatic rings. The predicted molar refractivity (Wildman–Crippen MR) is 90.9 cm³/mol. The molecule has 128 valence electrons. The van der Waals surface area contributed by atoms with Crippen LogP contribution in [0.2, 0.25) is 5.02 Å². The van der Waals surface area contributed by atoms with E-state index < -0.39 is 6.10 Å². The Balaban J connectivity index is 1.42. The van der Waals surface area contributed by atoms with Crippen molar-refractivity contribution in [2.75, 3.05) is 13.1 Å². The van der Waals surface area contributed by atoms with Gasteiger partial charge in [0.1, 0.15) is 5.52 Å². The number of fused-ring (bicyclic) bond motifs is 1. The first-order valence-corrected chi connectivity index (χ1v) is 9.02. The molecule has 24 heavy (non-hydrogen) atoms. The highest BCUT2D eigenvalue weighted by Crippen LogP contribution is 2.33. The molecular weight excluding hydrogens is 328 g/mol. The van der Waals surface area contributed by atoms with Crippen LogP contribution >= 0.6 is 11.6 Å². The fourth-order valence-electron chi connectivity index (χ4n) is 3.90. The number of aromatic nitrogens is 1. The first-order chi connectivity index (χ1) is 11.6. The second-order valence-electron chi connectivity index (χ2n) is 6.87. The number of aliphatic hydroxyl groups is 1. The first-order valence-electron chi connectivity index (χ1n) is 8.64. The number of halogens is 1. The van der Waals surface area contributed by atoms with E-state index in [9.17, 15) is 9.90 Å². The summed E-state index contributed by atoms with van der Waals surface area (Å²) in [6, 6.07) is 5.45. The number of hydrogen-bond donors (Lipinski definition) is 1. The van der Waals surface area contributed by atoms with Gasteiger partial charge >= 0.3 is 0 Å². The molecule has 1 N–H and O–H groups in total. The molecule has 5 nitrogen and oxygen atoms in total. The minimum atomic E-state index is -0.461. The van der Waals surface area contributed by atoms with Gasteiger partial charge in [-0.25, -0.2) is 4.98 Å². The van der Waals surface area contributed by atoms with E-state index in [0.29, 0.717) is 18.1 Å². The summed E-state index contributed by atoms with van der Waals surface area (Å²) in [4.78, 5) is 19.0. The zero-order valence-corrected chi connectivity index (χ0v) is 14.2. The highest BCUT2D eigenvalue weighted by molar-refractivity contribution is 6.31. The Kier molecular flexibility index (Phi) is 4.22. The molecule has 1 saturated heterocycles. The van der Waals surface area contributed by atoms with Crippen molar-refractivity contribution in [2.45, 2.75) is 44.1 Å². The maximum Gasteiger partial charge on any atom is 0.228 e. The zero-order valence-electron chi connectivity index (χ0n) is 13.4. The number of piperidine rings is 1. The highest BCUT2D eigenvalue weighted by Gasteiger charge is 2.36. The largest absolute Gasteiger partial charge is 0.440 e. The van der Waals surface area contributed by atoms with Crippen LogP contribution in [-0.4, -0.2) is 40.1 Å². The molecule has 1 aromatic heterocycles. The van der Waals surface area contributed by atoms with Gasteiger partial charge in [-0.1, -0.05) is 11.6 Å². The third-order valence-electron chi connectivity index (χ3n) is 5.32. The fourth-order valence-corrected chi connectivity index (χ4v) is 4.07. The second-order valence-corrected chi connectivity index (χ2v) is 7.30. The van der Waals surface area contributed by atoms with E-state index in [1.807, 2.05) is 17.0 Å². The van der Waals surface area contributed by atoms with Crippen molar-refractivity contribution >= 4 is 28.6 Å². The van der Waals surface area contributed by atoms with E-state index in [2.05, 4.69) is 4.98 Å². The molecule has 2 unspecified atom stereocenters. The molecule has 0 spiro atoms. The SMILES string of the molecule is O=C(C1CCCC1O)N1CCC(c2nc3cc(Cl)ccc3o2)CC1. The smallest absolute Gasteiger partial charge is 0.228 e. The van der Waals surface area contributed by atoms with E-state index in [-0.39, 0.29) is 17.7 Å². The Hall–Kier alpha value is -1.59. The molecule has 2 atom stereocenters. The van der Waals surface area contributed by atoms with Crippen molar-refractivity contribution < 1.29 is 14.3 Å². The summed E-state index contributed by atoms with van der Waals surface area (Å²) in [5.41, 5.74) is 1.53. The van der Waals surface area contributed by atoms with Gasteiger partial charge in [-0.05, 0) is 50.3 Å². The number of carbonyl (C=O) groups is 1. The monoisotopic (exact) mass is 348 g/mol. The molecule has 2 heterocycles. The van der Waals surface area contributed by atoms with E-state index in [4.69, 9.17) is 16.0 Å². The molecule has 1 aliphatic heterocycles. The molecule has 1 amide bonds. The highest BCUT2D eigenvalue weighted by atomic mass is 35.5. The lowest BCUT2D eigenvalue weighted by Crippen LogP contribution is -2.43. The number of nitrogens with zero attached hydrogens (tertiary/aromatic N) is 2. The molecular formula is C18H21ClN2O3. The standard InChI is InChI=1S/C18H21ClN2O3/c19-12-4-5-16-14(10-12)20-17(24-16)11-6-8-21(9-7-11)18(23)13-2-1-3-15(13)22/h4-5,10-11,13,15,22H,1-3,6-9H2. The van der Waals surface area contributed by atoms with Crippen molar-refractivity contribution in [1.29, 1.82) is 0 Å². The first kappa shape index (κ1) is 15.9. The van der Waals surface area contributed by atoms with Gasteiger partial charge in [0.25, 0.3) is 0 Å². The number of amides is 1. The third kappa shape index (κ3) is 2.91. The lowest BCUT2D eigenvalue weighted by Gasteiger charge is -2.33. The molecule has 6 heteroatoms. The maximum absolute atomic E-state index is 12.5. The van der Waals surface area contributed by atoms with Gasteiger partial charge in [-0.2, -0.15) is 0 Å². The lowest BCUT2D eigenvalue weighted by atomic mass is 9.95. The minimum Gasteiger partial charge on any atom is -0.440 e. The molecule has 2 fully saturated rings. The van der Waals surface area contributed by atoms with Crippen LogP contribution in [0.1, 0.15) is 43.9 Å². The van der Waals surface area contributed by atoms with Crippen LogP contribution in [-0.2, 0) is 4.79 Å². The molecule has 1 saturated carbocycles. The minimum absolute atomic E-state index is 0.114. The van der Waals surface area contributed by atoms with Gasteiger partial charge in [-0.3, -0.25) is 4.79 Å². The van der Waals surface area contributed by atoms with Crippen molar-refractivity contribution in [2.24, 2.45) is 5.92 Å². The summed E-state index contributed by atoms with van der Waals surface area (Å²) < 4.78 is 5.86. The van der Waals surface area contributed by atoms with Gasteiger partial charge in [0.05, 0.1) is 12.0 Å². The van der Waals surface area contributed by atoms with Gasteiger partial charge in [0.2, 0.25) is 5.91 Å². The summed E-state index contributed by atoms with van der Waals surface area (Å²) in [7, 11) is 0. The Morgan fingerprint density at radius 3 is 2.75 bits per heavy atom. The average molecular weight is 349 g/mol. The Morgan fingerprint density at radius 1 is 1.25 bits per heavy atom. The fraction of sp³-hybridized carbons (Fsp3) is 0.556. The summed E-state index contributed by atoms with van der Waals surface area (Å²) in [5, 5.41) is 10.6. The molecule has 0 radical (unpaired) electrons. The van der Waals surface area contributed by atoms with E-state index in [1.54, 1.807) is 6.07 Å². The van der Waals surface area contributed by atoms with Gasteiger partial charge in [0, 0.05) is 24.0 Å². The number of carbonyl (C=O) groups excluding carboxylic acids is 1. The number of rotatable bonds is 2. The summed E-state index contributed by atoms with van der Waals surface area (Å²) in [6.45, 7) is 1.40. The van der Waals surface area contributed by atoms with Gasteiger partial charge in [0.15, 0.2) is 11.5 Å². The van der Waals surface area contributed by atoms with E-state index >= 15 is 0 Å². The Morgan fingerprint density at radius 2 is 2.04 bits per heavy atom. The van der Waals surface area contributed by atoms with Crippen molar-refractivity contribution in [3.63, 3.8) is 0 Å². The quantitative estimate of drug-likeness (QED) is 0.903. The summed E-state index contributed by atoms with van der Waals surface area (Å²) in [5.74, 6) is 0.879. The lowest BCUT2D eigenvalue weighted by molar-refractivity contribution is -0.139. The van der Waals surface area contributed by atoms with Crippen LogP contribution in [0.5, 0.6) is 0 Å². The molecule has 4 rings (SSSR count). The predicted octanol–water partition coefficient (Wildman–Crippen LogP) is 3.35. The van der Waals surface area contributed by atoms with Crippen LogP contribution in [0.3, 0.4) is 0 Å². The topological polar surface area (TPSA) is 66.6 Å². The Labute approximate surface area is 145 Å². The zero-order chi connectivity index (χ0) is 16.7. The van der Waals surface area contributed by atoms with Crippen molar-refractivity contribution in [1.82, 2.24) is 9.88 Å².